The first kappa shape index (κ1) is 6.85. The van der Waals surface area contributed by atoms with Crippen LogP contribution in [0.4, 0.5) is 4.79 Å². The summed E-state index contributed by atoms with van der Waals surface area (Å²) in [6.07, 6.45) is -1.58. The van der Waals surface area contributed by atoms with E-state index in [2.05, 4.69) is 9.47 Å². The fourth-order valence-corrected chi connectivity index (χ4v) is 0.660. The fourth-order valence-electron chi connectivity index (χ4n) is 0.660. The summed E-state index contributed by atoms with van der Waals surface area (Å²) in [4.78, 5) is 20.2. The second-order valence-electron chi connectivity index (χ2n) is 1.90. The first-order valence-corrected chi connectivity index (χ1v) is 2.73. The third-order valence-corrected chi connectivity index (χ3v) is 1.05. The molecule has 1 unspecified atom stereocenters. The number of cyclic esters (lactones) is 2. The molecule has 1 aliphatic rings. The Balaban J connectivity index is 2.31. The highest BCUT2D eigenvalue weighted by Gasteiger charge is 2.26. The molecule has 5 heteroatoms. The van der Waals surface area contributed by atoms with Crippen LogP contribution in [0, 0.1) is 0 Å². The summed E-state index contributed by atoms with van der Waals surface area (Å²) in [5.41, 5.74) is 0. The average Bonchev–Trinajstić information content (AvgIpc) is 2.13. The smallest absolute Gasteiger partial charge is 0.481 e. The third-order valence-electron chi connectivity index (χ3n) is 1.05. The third kappa shape index (κ3) is 1.61. The quantitative estimate of drug-likeness (QED) is 0.555. The van der Waals surface area contributed by atoms with Crippen LogP contribution in [-0.4, -0.2) is 29.9 Å². The van der Waals surface area contributed by atoms with Gasteiger partial charge in [-0.2, -0.15) is 0 Å². The zero-order valence-electron chi connectivity index (χ0n) is 5.07. The van der Waals surface area contributed by atoms with Crippen LogP contribution in [0.5, 0.6) is 0 Å². The van der Waals surface area contributed by atoms with E-state index in [1.165, 1.54) is 0 Å². The van der Waals surface area contributed by atoms with Crippen LogP contribution < -0.4 is 0 Å². The van der Waals surface area contributed by atoms with E-state index in [1.807, 2.05) is 0 Å². The van der Waals surface area contributed by atoms with Gasteiger partial charge in [0, 0.05) is 0 Å². The van der Waals surface area contributed by atoms with E-state index in [1.54, 1.807) is 0 Å². The normalized spacial score (nSPS) is 23.6. The van der Waals surface area contributed by atoms with Crippen LogP contribution in [-0.2, 0) is 14.3 Å². The molecule has 5 nitrogen and oxygen atoms in total. The molecule has 0 amide bonds. The Morgan fingerprint density at radius 1 is 1.80 bits per heavy atom. The van der Waals surface area contributed by atoms with Crippen molar-refractivity contribution < 1.29 is 24.2 Å². The van der Waals surface area contributed by atoms with Crippen LogP contribution >= 0.6 is 0 Å². The van der Waals surface area contributed by atoms with E-state index in [-0.39, 0.29) is 13.0 Å². The van der Waals surface area contributed by atoms with Gasteiger partial charge in [0.1, 0.15) is 12.7 Å². The summed E-state index contributed by atoms with van der Waals surface area (Å²) in [7, 11) is 0. The molecule has 1 saturated heterocycles. The monoisotopic (exact) mass is 146 g/mol. The Morgan fingerprint density at radius 3 is 2.90 bits per heavy atom. The van der Waals surface area contributed by atoms with Gasteiger partial charge in [-0.05, 0) is 0 Å². The predicted octanol–water partition coefficient (Wildman–Crippen LogP) is -0.00350. The van der Waals surface area contributed by atoms with Crippen molar-refractivity contribution in [2.45, 2.75) is 12.5 Å². The molecule has 10 heavy (non-hydrogen) atoms. The highest BCUT2D eigenvalue weighted by molar-refractivity contribution is 5.69. The predicted molar refractivity (Wildman–Crippen MR) is 28.5 cm³/mol. The lowest BCUT2D eigenvalue weighted by Crippen LogP contribution is -2.14. The number of hydrogen-bond donors (Lipinski definition) is 1. The molecule has 0 aliphatic carbocycles. The highest BCUT2D eigenvalue weighted by atomic mass is 16.8. The molecule has 0 saturated carbocycles. The minimum atomic E-state index is -0.997. The van der Waals surface area contributed by atoms with Crippen molar-refractivity contribution in [3.63, 3.8) is 0 Å². The topological polar surface area (TPSA) is 72.8 Å². The molecule has 1 atom stereocenters. The largest absolute Gasteiger partial charge is 0.508 e. The Morgan fingerprint density at radius 2 is 2.50 bits per heavy atom. The number of ether oxygens (including phenoxy) is 2. The Bertz CT molecular complexity index is 163. The maximum atomic E-state index is 10.2. The van der Waals surface area contributed by atoms with Crippen LogP contribution in [0.15, 0.2) is 0 Å². The number of aliphatic carboxylic acids is 1. The molecule has 1 N–H and O–H groups in total. The van der Waals surface area contributed by atoms with Crippen molar-refractivity contribution in [2.24, 2.45) is 0 Å². The number of carbonyl (C=O) groups is 2. The van der Waals surface area contributed by atoms with Gasteiger partial charge in [0.05, 0.1) is 6.42 Å². The van der Waals surface area contributed by atoms with E-state index < -0.39 is 18.2 Å². The first-order chi connectivity index (χ1) is 4.68. The zero-order valence-corrected chi connectivity index (χ0v) is 5.07. The molecule has 0 radical (unpaired) electrons. The zero-order chi connectivity index (χ0) is 7.56. The van der Waals surface area contributed by atoms with E-state index in [0.717, 1.165) is 0 Å². The van der Waals surface area contributed by atoms with Crippen molar-refractivity contribution >= 4 is 12.1 Å². The summed E-state index contributed by atoms with van der Waals surface area (Å²) < 4.78 is 8.77. The lowest BCUT2D eigenvalue weighted by atomic mass is 10.3. The minimum Gasteiger partial charge on any atom is -0.481 e. The number of hydrogen-bond acceptors (Lipinski definition) is 4. The Hall–Kier alpha value is -1.26. The molecule has 0 spiro atoms. The van der Waals surface area contributed by atoms with Gasteiger partial charge >= 0.3 is 12.1 Å². The highest BCUT2D eigenvalue weighted by Crippen LogP contribution is 2.08. The molecule has 1 fully saturated rings. The maximum Gasteiger partial charge on any atom is 0.508 e. The van der Waals surface area contributed by atoms with Crippen LogP contribution in [0.1, 0.15) is 6.42 Å². The van der Waals surface area contributed by atoms with E-state index in [4.69, 9.17) is 5.11 Å². The van der Waals surface area contributed by atoms with Crippen LogP contribution in [0.3, 0.4) is 0 Å². The van der Waals surface area contributed by atoms with E-state index in [0.29, 0.717) is 0 Å². The molecule has 0 aromatic rings. The molecule has 1 aliphatic heterocycles. The van der Waals surface area contributed by atoms with Gasteiger partial charge < -0.3 is 14.6 Å². The number of carbonyl (C=O) groups excluding carboxylic acids is 1. The summed E-state index contributed by atoms with van der Waals surface area (Å²) in [6.45, 7) is 0.0468. The Kier molecular flexibility index (Phi) is 1.75. The second-order valence-corrected chi connectivity index (χ2v) is 1.90. The minimum absolute atomic E-state index is 0.0468. The van der Waals surface area contributed by atoms with Gasteiger partial charge in [-0.1, -0.05) is 0 Å². The summed E-state index contributed by atoms with van der Waals surface area (Å²) in [6, 6.07) is 0. The fraction of sp³-hybridized carbons (Fsp3) is 0.600. The summed E-state index contributed by atoms with van der Waals surface area (Å²) in [5, 5.41) is 8.21. The Labute approximate surface area is 56.5 Å². The van der Waals surface area contributed by atoms with Crippen LogP contribution in [0.25, 0.3) is 0 Å². The van der Waals surface area contributed by atoms with E-state index >= 15 is 0 Å². The number of carboxylic acids is 1. The molecule has 1 rings (SSSR count). The maximum absolute atomic E-state index is 10.2. The van der Waals surface area contributed by atoms with Crippen LogP contribution in [0.2, 0.25) is 0 Å². The average molecular weight is 146 g/mol. The molecule has 56 valence electrons. The molecular formula is C5H6O5. The number of rotatable bonds is 2. The van der Waals surface area contributed by atoms with E-state index in [9.17, 15) is 9.59 Å². The molecule has 0 aromatic heterocycles. The van der Waals surface area contributed by atoms with Gasteiger partial charge in [-0.3, -0.25) is 4.79 Å². The lowest BCUT2D eigenvalue weighted by molar-refractivity contribution is -0.138. The SMILES string of the molecule is O=C(O)CC1COC(=O)O1. The number of carboxylic acid groups (broad SMARTS) is 1. The van der Waals surface area contributed by atoms with Gasteiger partial charge in [-0.15, -0.1) is 0 Å². The van der Waals surface area contributed by atoms with Crippen molar-refractivity contribution in [2.75, 3.05) is 6.61 Å². The van der Waals surface area contributed by atoms with Crippen molar-refractivity contribution in [1.82, 2.24) is 0 Å². The van der Waals surface area contributed by atoms with Crippen molar-refractivity contribution in [3.05, 3.63) is 0 Å². The van der Waals surface area contributed by atoms with Crippen molar-refractivity contribution in [3.8, 4) is 0 Å². The second kappa shape index (κ2) is 2.55. The standard InChI is InChI=1S/C5H6O5/c6-4(7)1-3-2-9-5(8)10-3/h3H,1-2H2,(H,6,7). The summed E-state index contributed by atoms with van der Waals surface area (Å²) in [5.74, 6) is -0.997. The molecule has 0 aromatic carbocycles. The molecule has 1 heterocycles. The lowest BCUT2D eigenvalue weighted by Gasteiger charge is -1.99. The van der Waals surface area contributed by atoms with Gasteiger partial charge in [-0.25, -0.2) is 4.79 Å². The molecular weight excluding hydrogens is 140 g/mol. The van der Waals surface area contributed by atoms with Crippen molar-refractivity contribution in [1.29, 1.82) is 0 Å². The first-order valence-electron chi connectivity index (χ1n) is 2.73. The summed E-state index contributed by atoms with van der Waals surface area (Å²) >= 11 is 0. The van der Waals surface area contributed by atoms with Gasteiger partial charge in [0.25, 0.3) is 0 Å². The van der Waals surface area contributed by atoms with Gasteiger partial charge in [0.15, 0.2) is 0 Å². The van der Waals surface area contributed by atoms with Gasteiger partial charge in [0.2, 0.25) is 0 Å². The molecule has 0 bridgehead atoms.